The zero-order valence-electron chi connectivity index (χ0n) is 18.4. The third-order valence-electron chi connectivity index (χ3n) is 5.03. The van der Waals surface area contributed by atoms with Crippen LogP contribution in [0.5, 0.6) is 0 Å². The fourth-order valence-electron chi connectivity index (χ4n) is 3.41. The predicted molar refractivity (Wildman–Crippen MR) is 129 cm³/mol. The summed E-state index contributed by atoms with van der Waals surface area (Å²) in [6.07, 6.45) is 2.90. The minimum Gasteiger partial charge on any atom is -0.323 e. The third-order valence-corrected chi connectivity index (χ3v) is 5.97. The molecule has 0 spiro atoms. The highest BCUT2D eigenvalue weighted by Gasteiger charge is 2.13. The van der Waals surface area contributed by atoms with Crippen LogP contribution in [-0.4, -0.2) is 32.0 Å². The molecular formula is C24H18FN7O2S. The van der Waals surface area contributed by atoms with E-state index in [1.807, 2.05) is 25.1 Å². The molecule has 3 N–H and O–H groups in total. The minimum absolute atomic E-state index is 0.155. The molecule has 11 heteroatoms. The summed E-state index contributed by atoms with van der Waals surface area (Å²) < 4.78 is 13.9. The second-order valence-corrected chi connectivity index (χ2v) is 8.65. The maximum atomic E-state index is 13.9. The summed E-state index contributed by atoms with van der Waals surface area (Å²) in [4.78, 5) is 36.8. The molecule has 0 saturated carbocycles. The molecule has 2 amide bonds. The number of benzene rings is 2. The lowest BCUT2D eigenvalue weighted by Gasteiger charge is -2.07. The van der Waals surface area contributed by atoms with Gasteiger partial charge in [-0.2, -0.15) is 5.10 Å². The summed E-state index contributed by atoms with van der Waals surface area (Å²) in [5.41, 5.74) is 2.46. The monoisotopic (exact) mass is 487 g/mol. The summed E-state index contributed by atoms with van der Waals surface area (Å²) in [6, 6.07) is 13.0. The largest absolute Gasteiger partial charge is 0.323 e. The number of H-pyrrole nitrogens is 1. The van der Waals surface area contributed by atoms with Crippen molar-refractivity contribution in [1.82, 2.24) is 20.2 Å². The van der Waals surface area contributed by atoms with E-state index < -0.39 is 17.6 Å². The van der Waals surface area contributed by atoms with Crippen molar-refractivity contribution in [3.8, 4) is 0 Å². The molecule has 0 bridgehead atoms. The van der Waals surface area contributed by atoms with Crippen LogP contribution in [0.4, 0.5) is 21.7 Å². The number of carbonyl (C=O) groups excluding carboxylic acids is 2. The number of nitrogens with zero attached hydrogens (tertiary/aromatic N) is 4. The molecule has 0 fully saturated rings. The molecule has 0 aliphatic carbocycles. The Kier molecular flexibility index (Phi) is 6.06. The number of fused-ring (bicyclic) bond motifs is 1. The lowest BCUT2D eigenvalue weighted by atomic mass is 10.1. The topological polar surface area (TPSA) is 125 Å². The Morgan fingerprint density at radius 1 is 1.11 bits per heavy atom. The Morgan fingerprint density at radius 2 is 1.94 bits per heavy atom. The summed E-state index contributed by atoms with van der Waals surface area (Å²) in [5.74, 6) is 0.435. The maximum absolute atomic E-state index is 13.9. The Morgan fingerprint density at radius 3 is 2.71 bits per heavy atom. The first-order valence-corrected chi connectivity index (χ1v) is 11.5. The molecule has 1 aliphatic heterocycles. The van der Waals surface area contributed by atoms with Gasteiger partial charge in [0, 0.05) is 40.6 Å². The van der Waals surface area contributed by atoms with Gasteiger partial charge in [-0.25, -0.2) is 19.4 Å². The van der Waals surface area contributed by atoms with Crippen molar-refractivity contribution in [2.75, 3.05) is 10.6 Å². The van der Waals surface area contributed by atoms with Crippen LogP contribution in [0.25, 0.3) is 6.08 Å². The van der Waals surface area contributed by atoms with Crippen LogP contribution in [0, 0.1) is 12.7 Å². The number of aromatic amines is 1. The molecule has 4 aromatic rings. The van der Waals surface area contributed by atoms with Gasteiger partial charge in [0.1, 0.15) is 11.6 Å². The lowest BCUT2D eigenvalue weighted by Crippen LogP contribution is -2.28. The molecule has 174 valence electrons. The van der Waals surface area contributed by atoms with E-state index in [0.29, 0.717) is 33.3 Å². The first-order valence-electron chi connectivity index (χ1n) is 10.5. The van der Waals surface area contributed by atoms with E-state index in [9.17, 15) is 14.0 Å². The van der Waals surface area contributed by atoms with Gasteiger partial charge in [0.05, 0.1) is 11.0 Å². The number of carbonyl (C=O) groups is 2. The summed E-state index contributed by atoms with van der Waals surface area (Å²) in [6.45, 7) is 1.92. The van der Waals surface area contributed by atoms with Crippen molar-refractivity contribution in [2.24, 2.45) is 4.99 Å². The molecular weight excluding hydrogens is 469 g/mol. The van der Waals surface area contributed by atoms with Crippen molar-refractivity contribution < 1.29 is 14.0 Å². The van der Waals surface area contributed by atoms with Crippen molar-refractivity contribution >= 4 is 47.0 Å². The number of nitrogens with one attached hydrogen (secondary N) is 3. The van der Waals surface area contributed by atoms with Crippen LogP contribution < -0.4 is 21.2 Å². The van der Waals surface area contributed by atoms with Gasteiger partial charge in [0.15, 0.2) is 11.0 Å². The highest BCUT2D eigenvalue weighted by Crippen LogP contribution is 2.22. The van der Waals surface area contributed by atoms with Crippen LogP contribution in [0.3, 0.4) is 0 Å². The van der Waals surface area contributed by atoms with Crippen LogP contribution in [0.1, 0.15) is 21.6 Å². The number of amides is 2. The first kappa shape index (κ1) is 22.4. The zero-order chi connectivity index (χ0) is 24.4. The molecule has 2 aromatic heterocycles. The summed E-state index contributed by atoms with van der Waals surface area (Å²) >= 11 is 1.46. The zero-order valence-corrected chi connectivity index (χ0v) is 19.2. The maximum Gasteiger partial charge on any atom is 0.271 e. The highest BCUT2D eigenvalue weighted by atomic mass is 32.2. The van der Waals surface area contributed by atoms with Gasteiger partial charge in [-0.3, -0.25) is 14.7 Å². The Labute approximate surface area is 202 Å². The molecule has 5 rings (SSSR count). The smallest absolute Gasteiger partial charge is 0.271 e. The van der Waals surface area contributed by atoms with E-state index in [1.165, 1.54) is 23.9 Å². The van der Waals surface area contributed by atoms with Gasteiger partial charge in [-0.15, -0.1) is 0 Å². The van der Waals surface area contributed by atoms with E-state index in [2.05, 4.69) is 35.8 Å². The minimum atomic E-state index is -0.562. The standard InChI is InChI=1S/C24H18FN7O2S/c1-13-8-20(32-31-13)28-19-6-7-26-24(29-19)35-12-14-2-4-15(5-3-14)23(34)27-18-11-17(25)9-16-10-21(33)30-22(16)18/h2-11H,12H2,1H3,(H,27,34)(H2,26,28,29,31,32). The normalized spacial score (nSPS) is 12.0. The quantitative estimate of drug-likeness (QED) is 0.270. The number of aromatic nitrogens is 4. The molecule has 9 nitrogen and oxygen atoms in total. The Balaban J connectivity index is 1.22. The van der Waals surface area contributed by atoms with E-state index in [0.717, 1.165) is 17.3 Å². The third kappa shape index (κ3) is 5.25. The molecule has 0 saturated heterocycles. The number of rotatable bonds is 7. The van der Waals surface area contributed by atoms with Crippen LogP contribution >= 0.6 is 11.8 Å². The van der Waals surface area contributed by atoms with Crippen molar-refractivity contribution in [3.63, 3.8) is 0 Å². The number of halogens is 1. The fourth-order valence-corrected chi connectivity index (χ4v) is 4.20. The fraction of sp³-hybridized carbons (Fsp3) is 0.0833. The molecule has 35 heavy (non-hydrogen) atoms. The Hall–Kier alpha value is -4.38. The summed E-state index contributed by atoms with van der Waals surface area (Å²) in [7, 11) is 0. The number of anilines is 3. The second kappa shape index (κ2) is 9.47. The second-order valence-electron chi connectivity index (χ2n) is 7.71. The van der Waals surface area contributed by atoms with E-state index >= 15 is 0 Å². The van der Waals surface area contributed by atoms with Gasteiger partial charge in [-0.05, 0) is 42.8 Å². The van der Waals surface area contributed by atoms with Crippen LogP contribution in [0.15, 0.2) is 64.9 Å². The van der Waals surface area contributed by atoms with E-state index in [1.54, 1.807) is 24.4 Å². The number of aryl methyl sites for hydroxylation is 1. The SMILES string of the molecule is Cc1cc(Nc2ccnc(SCc3ccc(C(=O)Nc4cc(F)cc5c4=NC(=O)C=5)cc3)n2)n[nH]1. The lowest BCUT2D eigenvalue weighted by molar-refractivity contribution is -0.112. The van der Waals surface area contributed by atoms with Crippen molar-refractivity contribution in [3.05, 3.63) is 87.9 Å². The average Bonchev–Trinajstić information content (AvgIpc) is 3.42. The number of hydrogen-bond donors (Lipinski definition) is 3. The predicted octanol–water partition coefficient (Wildman–Crippen LogP) is 2.88. The first-order chi connectivity index (χ1) is 16.9. The van der Waals surface area contributed by atoms with Gasteiger partial charge < -0.3 is 10.6 Å². The van der Waals surface area contributed by atoms with Gasteiger partial charge in [0.25, 0.3) is 11.8 Å². The van der Waals surface area contributed by atoms with E-state index in [4.69, 9.17) is 0 Å². The number of thioether (sulfide) groups is 1. The molecule has 0 atom stereocenters. The molecule has 0 radical (unpaired) electrons. The average molecular weight is 488 g/mol. The van der Waals surface area contributed by atoms with E-state index in [-0.39, 0.29) is 11.0 Å². The number of hydrogen-bond acceptors (Lipinski definition) is 7. The van der Waals surface area contributed by atoms with Gasteiger partial charge in [-0.1, -0.05) is 23.9 Å². The molecule has 0 unspecified atom stereocenters. The highest BCUT2D eigenvalue weighted by molar-refractivity contribution is 7.98. The molecule has 2 aromatic carbocycles. The molecule has 1 aliphatic rings. The molecule has 3 heterocycles. The van der Waals surface area contributed by atoms with Gasteiger partial charge in [0.2, 0.25) is 0 Å². The van der Waals surface area contributed by atoms with Crippen molar-refractivity contribution in [2.45, 2.75) is 17.8 Å². The van der Waals surface area contributed by atoms with Crippen molar-refractivity contribution in [1.29, 1.82) is 0 Å². The summed E-state index contributed by atoms with van der Waals surface area (Å²) in [5, 5.41) is 14.0. The van der Waals surface area contributed by atoms with Crippen LogP contribution in [-0.2, 0) is 10.5 Å². The van der Waals surface area contributed by atoms with Gasteiger partial charge >= 0.3 is 0 Å². The Bertz CT molecular complexity index is 1570. The van der Waals surface area contributed by atoms with Crippen LogP contribution in [0.2, 0.25) is 0 Å².